The third-order valence-electron chi connectivity index (χ3n) is 4.81. The van der Waals surface area contributed by atoms with Gasteiger partial charge in [0.15, 0.2) is 5.78 Å². The summed E-state index contributed by atoms with van der Waals surface area (Å²) in [6.45, 7) is 2.37. The molecule has 1 saturated heterocycles. The van der Waals surface area contributed by atoms with Gasteiger partial charge in [0, 0.05) is 35.6 Å². The predicted octanol–water partition coefficient (Wildman–Crippen LogP) is 3.71. The van der Waals surface area contributed by atoms with E-state index < -0.39 is 29.6 Å². The number of hydrogen-bond acceptors (Lipinski definition) is 5. The summed E-state index contributed by atoms with van der Waals surface area (Å²) in [6, 6.07) is 2.47. The van der Waals surface area contributed by atoms with Crippen molar-refractivity contribution in [2.75, 3.05) is 12.3 Å². The van der Waals surface area contributed by atoms with E-state index in [0.717, 1.165) is 24.6 Å². The molecular formula is C20H23Cl2F2N3O2S. The lowest BCUT2D eigenvalue weighted by Crippen LogP contribution is -2.52. The molecule has 30 heavy (non-hydrogen) atoms. The highest BCUT2D eigenvalue weighted by Gasteiger charge is 2.42. The normalized spacial score (nSPS) is 21.0. The van der Waals surface area contributed by atoms with Gasteiger partial charge in [-0.15, -0.1) is 24.2 Å². The van der Waals surface area contributed by atoms with E-state index >= 15 is 4.39 Å². The van der Waals surface area contributed by atoms with E-state index in [0.29, 0.717) is 6.54 Å². The number of benzene rings is 1. The van der Waals surface area contributed by atoms with E-state index in [4.69, 9.17) is 17.3 Å². The Bertz CT molecular complexity index is 895. The summed E-state index contributed by atoms with van der Waals surface area (Å²) in [4.78, 5) is 26.9. The Labute approximate surface area is 189 Å². The van der Waals surface area contributed by atoms with Crippen LogP contribution in [-0.2, 0) is 16.1 Å². The maximum Gasteiger partial charge on any atom is 0.255 e. The Balaban J connectivity index is 0.00000320. The molecule has 2 aliphatic heterocycles. The molecule has 1 unspecified atom stereocenters. The van der Waals surface area contributed by atoms with Crippen molar-refractivity contribution in [1.82, 2.24) is 10.2 Å². The number of nitrogens with two attached hydrogens (primary N) is 1. The molecule has 3 N–H and O–H groups in total. The van der Waals surface area contributed by atoms with Gasteiger partial charge < -0.3 is 16.0 Å². The summed E-state index contributed by atoms with van der Waals surface area (Å²) in [7, 11) is 0. The molecule has 2 aliphatic rings. The maximum absolute atomic E-state index is 15.1. The standard InChI is InChI=1S/C20H22ClF2N3O2S.ClH/c1-2-3-6-25-20(28)13-9-26(8-11-4-5-12(21)7-14(11)22)17-18(27)15(24)10-29-19(17)16(13)23;/h4-5,7,9,15,17H,2-3,6,8,10,24H2,1H3,(H,25,28);1H/t15-,17?;/m0./s1. The minimum atomic E-state index is -0.981. The molecule has 0 radical (unpaired) electrons. The molecule has 2 atom stereocenters. The summed E-state index contributed by atoms with van der Waals surface area (Å²) >= 11 is 6.93. The lowest BCUT2D eigenvalue weighted by molar-refractivity contribution is -0.124. The molecule has 1 amide bonds. The van der Waals surface area contributed by atoms with Crippen LogP contribution in [0.2, 0.25) is 5.02 Å². The SMILES string of the molecule is CCCCNC(=O)C1=CN(Cc2ccc(Cl)cc2F)C2C(=O)[C@@H](N)CSC2=C1F.Cl. The van der Waals surface area contributed by atoms with Crippen molar-refractivity contribution in [1.29, 1.82) is 0 Å². The van der Waals surface area contributed by atoms with Crippen molar-refractivity contribution >= 4 is 47.5 Å². The Kier molecular flexibility index (Phi) is 8.73. The number of carbonyl (C=O) groups excluding carboxylic acids is 2. The zero-order valence-electron chi connectivity index (χ0n) is 16.3. The number of ketones is 1. The molecule has 2 heterocycles. The second-order valence-corrected chi connectivity index (χ2v) is 8.46. The van der Waals surface area contributed by atoms with Gasteiger partial charge >= 0.3 is 0 Å². The highest BCUT2D eigenvalue weighted by molar-refractivity contribution is 8.03. The van der Waals surface area contributed by atoms with Crippen molar-refractivity contribution in [2.24, 2.45) is 5.73 Å². The Morgan fingerprint density at radius 3 is 2.80 bits per heavy atom. The Hall–Kier alpha value is -1.61. The minimum absolute atomic E-state index is 0. The fourth-order valence-electron chi connectivity index (χ4n) is 3.22. The fourth-order valence-corrected chi connectivity index (χ4v) is 4.54. The van der Waals surface area contributed by atoms with E-state index in [1.807, 2.05) is 6.92 Å². The zero-order chi connectivity index (χ0) is 21.1. The van der Waals surface area contributed by atoms with E-state index in [1.54, 1.807) is 0 Å². The number of rotatable bonds is 6. The molecule has 3 rings (SSSR count). The Morgan fingerprint density at radius 2 is 2.13 bits per heavy atom. The van der Waals surface area contributed by atoms with Crippen molar-refractivity contribution in [2.45, 2.75) is 38.4 Å². The lowest BCUT2D eigenvalue weighted by Gasteiger charge is -2.39. The van der Waals surface area contributed by atoms with Gasteiger partial charge in [0.25, 0.3) is 5.91 Å². The number of Topliss-reactive ketones (excluding diaryl/α,β-unsaturated/α-hetero) is 1. The van der Waals surface area contributed by atoms with Crippen LogP contribution < -0.4 is 11.1 Å². The Morgan fingerprint density at radius 1 is 1.40 bits per heavy atom. The highest BCUT2D eigenvalue weighted by Crippen LogP contribution is 2.40. The third kappa shape index (κ3) is 5.17. The summed E-state index contributed by atoms with van der Waals surface area (Å²) in [6.07, 6.45) is 2.94. The van der Waals surface area contributed by atoms with Crippen LogP contribution in [0.4, 0.5) is 8.78 Å². The summed E-state index contributed by atoms with van der Waals surface area (Å²) in [5.74, 6) is -1.96. The van der Waals surface area contributed by atoms with Crippen LogP contribution in [0.15, 0.2) is 40.7 Å². The smallest absolute Gasteiger partial charge is 0.255 e. The monoisotopic (exact) mass is 477 g/mol. The first kappa shape index (κ1) is 24.7. The first-order chi connectivity index (χ1) is 13.8. The first-order valence-electron chi connectivity index (χ1n) is 9.35. The molecule has 5 nitrogen and oxygen atoms in total. The fraction of sp³-hybridized carbons (Fsp3) is 0.400. The number of fused-ring (bicyclic) bond motifs is 1. The minimum Gasteiger partial charge on any atom is -0.358 e. The van der Waals surface area contributed by atoms with Gasteiger partial charge in [-0.05, 0) is 18.6 Å². The number of unbranched alkanes of at least 4 members (excludes halogenated alkanes) is 1. The summed E-state index contributed by atoms with van der Waals surface area (Å²) in [5, 5.41) is 2.93. The predicted molar refractivity (Wildman–Crippen MR) is 118 cm³/mol. The second-order valence-electron chi connectivity index (χ2n) is 6.96. The molecule has 1 fully saturated rings. The maximum atomic E-state index is 15.1. The zero-order valence-corrected chi connectivity index (χ0v) is 18.7. The van der Waals surface area contributed by atoms with Gasteiger partial charge in [0.05, 0.1) is 16.5 Å². The van der Waals surface area contributed by atoms with Gasteiger partial charge in [-0.2, -0.15) is 0 Å². The average Bonchev–Trinajstić information content (AvgIpc) is 2.68. The van der Waals surface area contributed by atoms with Crippen LogP contribution in [-0.4, -0.2) is 41.0 Å². The number of nitrogens with one attached hydrogen (secondary N) is 1. The molecule has 0 aliphatic carbocycles. The number of nitrogens with zero attached hydrogens (tertiary/aromatic N) is 1. The quantitative estimate of drug-likeness (QED) is 0.610. The van der Waals surface area contributed by atoms with E-state index in [-0.39, 0.29) is 51.6 Å². The van der Waals surface area contributed by atoms with E-state index in [9.17, 15) is 14.0 Å². The van der Waals surface area contributed by atoms with Gasteiger partial charge in [-0.3, -0.25) is 9.59 Å². The average molecular weight is 478 g/mol. The van der Waals surface area contributed by atoms with Gasteiger partial charge in [-0.25, -0.2) is 8.78 Å². The van der Waals surface area contributed by atoms with Crippen LogP contribution >= 0.6 is 35.8 Å². The van der Waals surface area contributed by atoms with Crippen LogP contribution in [0.3, 0.4) is 0 Å². The molecule has 1 aromatic carbocycles. The first-order valence-corrected chi connectivity index (χ1v) is 10.7. The number of halogens is 4. The number of amides is 1. The van der Waals surface area contributed by atoms with E-state index in [2.05, 4.69) is 5.32 Å². The molecule has 0 saturated carbocycles. The van der Waals surface area contributed by atoms with Crippen molar-refractivity contribution in [3.63, 3.8) is 0 Å². The molecule has 1 aromatic rings. The van der Waals surface area contributed by atoms with Gasteiger partial charge in [-0.1, -0.05) is 31.0 Å². The topological polar surface area (TPSA) is 75.4 Å². The van der Waals surface area contributed by atoms with Crippen LogP contribution in [0.5, 0.6) is 0 Å². The van der Waals surface area contributed by atoms with Crippen LogP contribution in [0.1, 0.15) is 25.3 Å². The second kappa shape index (κ2) is 10.6. The molecule has 0 spiro atoms. The molecule has 164 valence electrons. The van der Waals surface area contributed by atoms with Crippen molar-refractivity contribution in [3.8, 4) is 0 Å². The third-order valence-corrected chi connectivity index (χ3v) is 6.28. The highest BCUT2D eigenvalue weighted by atomic mass is 35.5. The largest absolute Gasteiger partial charge is 0.358 e. The van der Waals surface area contributed by atoms with Gasteiger partial charge in [0.1, 0.15) is 17.7 Å². The summed E-state index contributed by atoms with van der Waals surface area (Å²) < 4.78 is 29.4. The number of carbonyl (C=O) groups is 2. The molecule has 0 bridgehead atoms. The van der Waals surface area contributed by atoms with Crippen LogP contribution in [0.25, 0.3) is 0 Å². The summed E-state index contributed by atoms with van der Waals surface area (Å²) in [5.41, 5.74) is 5.98. The molecular weight excluding hydrogens is 455 g/mol. The number of thioether (sulfide) groups is 1. The van der Waals surface area contributed by atoms with Crippen molar-refractivity contribution < 1.29 is 18.4 Å². The number of hydrogen-bond donors (Lipinski definition) is 2. The van der Waals surface area contributed by atoms with Crippen LogP contribution in [0, 0.1) is 5.82 Å². The van der Waals surface area contributed by atoms with Gasteiger partial charge in [0.2, 0.25) is 0 Å². The van der Waals surface area contributed by atoms with E-state index in [1.165, 1.54) is 29.3 Å². The van der Waals surface area contributed by atoms with Crippen molar-refractivity contribution in [3.05, 3.63) is 57.1 Å². The molecule has 10 heteroatoms. The molecule has 0 aromatic heterocycles. The lowest BCUT2D eigenvalue weighted by atomic mass is 9.98.